The van der Waals surface area contributed by atoms with Crippen molar-refractivity contribution in [3.63, 3.8) is 0 Å². The van der Waals surface area contributed by atoms with E-state index in [1.54, 1.807) is 0 Å². The monoisotopic (exact) mass is 256 g/mol. The van der Waals surface area contributed by atoms with Crippen LogP contribution in [0.4, 0.5) is 0 Å². The second-order valence-electron chi connectivity index (χ2n) is 4.99. The molecule has 1 unspecified atom stereocenters. The van der Waals surface area contributed by atoms with Crippen molar-refractivity contribution >= 4 is 8.32 Å². The quantitative estimate of drug-likeness (QED) is 0.720. The maximum Gasteiger partial charge on any atom is 0.219 e. The molecule has 0 saturated carbocycles. The van der Waals surface area contributed by atoms with E-state index >= 15 is 0 Å². The van der Waals surface area contributed by atoms with Crippen LogP contribution in [-0.4, -0.2) is 8.32 Å². The van der Waals surface area contributed by atoms with Gasteiger partial charge in [0.1, 0.15) is 0 Å². The first-order chi connectivity index (χ1) is 8.60. The van der Waals surface area contributed by atoms with Crippen LogP contribution in [0.5, 0.6) is 0 Å². The zero-order valence-electron chi connectivity index (χ0n) is 11.3. The summed E-state index contributed by atoms with van der Waals surface area (Å²) in [6.07, 6.45) is 6.28. The Morgan fingerprint density at radius 2 is 1.89 bits per heavy atom. The number of rotatable bonds is 3. The topological polar surface area (TPSA) is 9.23 Å². The molecule has 0 radical (unpaired) electrons. The summed E-state index contributed by atoms with van der Waals surface area (Å²) in [6.45, 7) is 10.5. The maximum absolute atomic E-state index is 6.35. The lowest BCUT2D eigenvalue weighted by Gasteiger charge is -2.20. The van der Waals surface area contributed by atoms with Gasteiger partial charge in [-0.15, -0.1) is 0 Å². The van der Waals surface area contributed by atoms with E-state index in [0.717, 1.165) is 0 Å². The fourth-order valence-corrected chi connectivity index (χ4v) is 4.94. The summed E-state index contributed by atoms with van der Waals surface area (Å²) in [4.78, 5) is 0. The Balaban J connectivity index is 2.50. The van der Waals surface area contributed by atoms with E-state index in [1.807, 2.05) is 19.1 Å². The Hall–Kier alpha value is -1.38. The summed E-state index contributed by atoms with van der Waals surface area (Å²) >= 11 is 0. The van der Waals surface area contributed by atoms with Crippen molar-refractivity contribution in [1.82, 2.24) is 0 Å². The Morgan fingerprint density at radius 3 is 2.44 bits per heavy atom. The zero-order valence-corrected chi connectivity index (χ0v) is 12.3. The van der Waals surface area contributed by atoms with Gasteiger partial charge in [-0.2, -0.15) is 0 Å². The van der Waals surface area contributed by atoms with Gasteiger partial charge < -0.3 is 4.43 Å². The van der Waals surface area contributed by atoms with Gasteiger partial charge in [0.05, 0.1) is 6.10 Å². The van der Waals surface area contributed by atoms with Crippen LogP contribution in [0.3, 0.4) is 0 Å². The van der Waals surface area contributed by atoms with Gasteiger partial charge in [0.2, 0.25) is 8.32 Å². The molecule has 1 aliphatic rings. The molecular formula is C16H20OSi. The molecule has 0 aromatic heterocycles. The second kappa shape index (κ2) is 5.08. The van der Waals surface area contributed by atoms with E-state index in [2.05, 4.69) is 56.1 Å². The molecule has 0 bridgehead atoms. The van der Waals surface area contributed by atoms with E-state index in [4.69, 9.17) is 4.43 Å². The molecule has 18 heavy (non-hydrogen) atoms. The Kier molecular flexibility index (Phi) is 3.69. The SMILES string of the molecule is C=CC1=C(C=CC)[Si](C)(C)OC1c1ccccc1. The highest BCUT2D eigenvalue weighted by molar-refractivity contribution is 6.80. The third-order valence-corrected chi connectivity index (χ3v) is 5.89. The van der Waals surface area contributed by atoms with Crippen LogP contribution < -0.4 is 0 Å². The molecule has 94 valence electrons. The van der Waals surface area contributed by atoms with E-state index in [-0.39, 0.29) is 6.10 Å². The minimum atomic E-state index is -1.80. The van der Waals surface area contributed by atoms with Gasteiger partial charge in [0, 0.05) is 0 Å². The molecule has 1 heterocycles. The molecule has 2 heteroatoms. The smallest absolute Gasteiger partial charge is 0.219 e. The van der Waals surface area contributed by atoms with Gasteiger partial charge in [-0.3, -0.25) is 0 Å². The highest BCUT2D eigenvalue weighted by atomic mass is 28.4. The van der Waals surface area contributed by atoms with Crippen LogP contribution >= 0.6 is 0 Å². The third-order valence-electron chi connectivity index (χ3n) is 3.31. The van der Waals surface area contributed by atoms with E-state index in [0.29, 0.717) is 0 Å². The molecule has 1 aromatic rings. The molecule has 0 spiro atoms. The molecule has 1 aliphatic heterocycles. The van der Waals surface area contributed by atoms with Crippen molar-refractivity contribution in [2.75, 3.05) is 0 Å². The molecule has 0 fully saturated rings. The van der Waals surface area contributed by atoms with Gasteiger partial charge >= 0.3 is 0 Å². The largest absolute Gasteiger partial charge is 0.402 e. The molecule has 1 atom stereocenters. The van der Waals surface area contributed by atoms with E-state index < -0.39 is 8.32 Å². The van der Waals surface area contributed by atoms with Crippen molar-refractivity contribution in [1.29, 1.82) is 0 Å². The van der Waals surface area contributed by atoms with Gasteiger partial charge in [0.15, 0.2) is 0 Å². The predicted molar refractivity (Wildman–Crippen MR) is 79.8 cm³/mol. The van der Waals surface area contributed by atoms with Crippen LogP contribution in [0.25, 0.3) is 0 Å². The predicted octanol–water partition coefficient (Wildman–Crippen LogP) is 4.56. The minimum Gasteiger partial charge on any atom is -0.402 e. The van der Waals surface area contributed by atoms with E-state index in [1.165, 1.54) is 16.3 Å². The highest BCUT2D eigenvalue weighted by Gasteiger charge is 2.40. The summed E-state index contributed by atoms with van der Waals surface area (Å²) in [6, 6.07) is 10.4. The van der Waals surface area contributed by atoms with Gasteiger partial charge in [-0.1, -0.05) is 55.1 Å². The molecule has 2 rings (SSSR count). The Bertz CT molecular complexity index is 497. The van der Waals surface area contributed by atoms with Crippen molar-refractivity contribution in [3.8, 4) is 0 Å². The lowest BCUT2D eigenvalue weighted by atomic mass is 10.0. The molecule has 1 aromatic carbocycles. The van der Waals surface area contributed by atoms with Crippen LogP contribution in [0.15, 0.2) is 65.9 Å². The summed E-state index contributed by atoms with van der Waals surface area (Å²) in [5.74, 6) is 0. The lowest BCUT2D eigenvalue weighted by molar-refractivity contribution is 0.256. The Labute approximate surface area is 111 Å². The van der Waals surface area contributed by atoms with Crippen molar-refractivity contribution in [3.05, 3.63) is 71.5 Å². The number of benzene rings is 1. The molecule has 0 N–H and O–H groups in total. The first kappa shape index (κ1) is 13.1. The summed E-state index contributed by atoms with van der Waals surface area (Å²) in [5, 5.41) is 1.36. The molecule has 0 saturated heterocycles. The van der Waals surface area contributed by atoms with Crippen LogP contribution in [-0.2, 0) is 4.43 Å². The van der Waals surface area contributed by atoms with Crippen LogP contribution in [0, 0.1) is 0 Å². The lowest BCUT2D eigenvalue weighted by Crippen LogP contribution is -2.28. The summed E-state index contributed by atoms with van der Waals surface area (Å²) in [7, 11) is -1.80. The molecular weight excluding hydrogens is 236 g/mol. The fourth-order valence-electron chi connectivity index (χ4n) is 2.47. The van der Waals surface area contributed by atoms with Crippen molar-refractivity contribution < 1.29 is 4.43 Å². The standard InChI is InChI=1S/C16H20OSi/c1-5-10-15-14(6-2)16(17-18(15,3)4)13-11-8-7-9-12-13/h5-12,16H,2H2,1,3-4H3. The highest BCUT2D eigenvalue weighted by Crippen LogP contribution is 2.42. The number of hydrogen-bond acceptors (Lipinski definition) is 1. The zero-order chi connectivity index (χ0) is 13.2. The first-order valence-electron chi connectivity index (χ1n) is 6.32. The van der Waals surface area contributed by atoms with Crippen molar-refractivity contribution in [2.24, 2.45) is 0 Å². The Morgan fingerprint density at radius 1 is 1.22 bits per heavy atom. The van der Waals surface area contributed by atoms with Gasteiger partial charge in [-0.05, 0) is 36.4 Å². The number of hydrogen-bond donors (Lipinski definition) is 0. The summed E-state index contributed by atoms with van der Waals surface area (Å²) in [5.41, 5.74) is 2.45. The molecule has 1 nitrogen and oxygen atoms in total. The molecule has 0 amide bonds. The second-order valence-corrected chi connectivity index (χ2v) is 8.79. The minimum absolute atomic E-state index is 0.0524. The average Bonchev–Trinajstić information content (AvgIpc) is 2.63. The summed E-state index contributed by atoms with van der Waals surface area (Å²) < 4.78 is 6.35. The van der Waals surface area contributed by atoms with Crippen LogP contribution in [0.1, 0.15) is 18.6 Å². The van der Waals surface area contributed by atoms with Crippen molar-refractivity contribution in [2.45, 2.75) is 26.1 Å². The van der Waals surface area contributed by atoms with Gasteiger partial charge in [-0.25, -0.2) is 0 Å². The third kappa shape index (κ3) is 2.26. The average molecular weight is 256 g/mol. The van der Waals surface area contributed by atoms with E-state index in [9.17, 15) is 0 Å². The van der Waals surface area contributed by atoms with Crippen LogP contribution in [0.2, 0.25) is 13.1 Å². The normalized spacial score (nSPS) is 22.7. The molecule has 0 aliphatic carbocycles. The number of allylic oxidation sites excluding steroid dienone is 3. The maximum atomic E-state index is 6.35. The fraction of sp³-hybridized carbons (Fsp3) is 0.250. The first-order valence-corrected chi connectivity index (χ1v) is 9.23. The van der Waals surface area contributed by atoms with Gasteiger partial charge in [0.25, 0.3) is 0 Å².